The number of nitrogens with one attached hydrogen (secondary N) is 3. The van der Waals surface area contributed by atoms with Crippen LogP contribution in [0.3, 0.4) is 0 Å². The number of rotatable bonds is 4. The first-order valence-corrected chi connectivity index (χ1v) is 9.26. The third-order valence-electron chi connectivity index (χ3n) is 3.52. The molecule has 0 saturated carbocycles. The standard InChI is InChI=1S/C15H19Cl3N4O3S/c1-24-11-5-3-2-4-10(11)19-13(26)20-12(15(16,17)18)21-14(23)22-6-8-25-9-7-22/h2-5,12H,6-9H2,1H3,(H,21,23)(H2,19,20,26)/t12-/m1/s1. The van der Waals surface area contributed by atoms with Crippen LogP contribution in [-0.2, 0) is 4.74 Å². The fourth-order valence-corrected chi connectivity index (χ4v) is 2.77. The molecular weight excluding hydrogens is 423 g/mol. The van der Waals surface area contributed by atoms with Crippen LogP contribution >= 0.6 is 47.0 Å². The molecule has 2 rings (SSSR count). The molecule has 0 spiro atoms. The molecule has 1 aromatic carbocycles. The lowest BCUT2D eigenvalue weighted by Crippen LogP contribution is -2.59. The quantitative estimate of drug-likeness (QED) is 0.379. The zero-order valence-corrected chi connectivity index (χ0v) is 17.0. The van der Waals surface area contributed by atoms with Gasteiger partial charge in [-0.25, -0.2) is 4.79 Å². The number of hydrogen-bond donors (Lipinski definition) is 3. The van der Waals surface area contributed by atoms with Crippen molar-refractivity contribution in [2.45, 2.75) is 9.96 Å². The van der Waals surface area contributed by atoms with E-state index in [4.69, 9.17) is 56.5 Å². The van der Waals surface area contributed by atoms with E-state index < -0.39 is 9.96 Å². The van der Waals surface area contributed by atoms with Gasteiger partial charge in [-0.1, -0.05) is 46.9 Å². The van der Waals surface area contributed by atoms with E-state index in [-0.39, 0.29) is 11.1 Å². The van der Waals surface area contributed by atoms with Crippen LogP contribution < -0.4 is 20.7 Å². The van der Waals surface area contributed by atoms with Crippen LogP contribution in [0, 0.1) is 0 Å². The van der Waals surface area contributed by atoms with Crippen molar-refractivity contribution >= 4 is 63.9 Å². The van der Waals surface area contributed by atoms with Crippen molar-refractivity contribution in [2.24, 2.45) is 0 Å². The monoisotopic (exact) mass is 440 g/mol. The topological polar surface area (TPSA) is 74.9 Å². The number of halogens is 3. The number of anilines is 1. The van der Waals surface area contributed by atoms with E-state index >= 15 is 0 Å². The van der Waals surface area contributed by atoms with Crippen molar-refractivity contribution in [1.29, 1.82) is 0 Å². The third-order valence-corrected chi connectivity index (χ3v) is 4.40. The number of methoxy groups -OCH3 is 1. The van der Waals surface area contributed by atoms with Gasteiger partial charge in [0.1, 0.15) is 5.75 Å². The third kappa shape index (κ3) is 6.21. The summed E-state index contributed by atoms with van der Waals surface area (Å²) in [6.07, 6.45) is -1.04. The molecule has 11 heteroatoms. The maximum absolute atomic E-state index is 12.4. The van der Waals surface area contributed by atoms with Gasteiger partial charge >= 0.3 is 6.03 Å². The second-order valence-corrected chi connectivity index (χ2v) is 8.10. The molecule has 3 N–H and O–H groups in total. The van der Waals surface area contributed by atoms with Crippen LogP contribution in [0.1, 0.15) is 0 Å². The summed E-state index contributed by atoms with van der Waals surface area (Å²) < 4.78 is 8.64. The van der Waals surface area contributed by atoms with Crippen molar-refractivity contribution < 1.29 is 14.3 Å². The summed E-state index contributed by atoms with van der Waals surface area (Å²) in [5.74, 6) is 0.597. The molecule has 144 valence electrons. The maximum atomic E-state index is 12.4. The number of urea groups is 1. The SMILES string of the molecule is COc1ccccc1NC(=S)N[C@H](NC(=O)N1CCOCC1)C(Cl)(Cl)Cl. The molecule has 0 aliphatic carbocycles. The Morgan fingerprint density at radius 2 is 1.92 bits per heavy atom. The highest BCUT2D eigenvalue weighted by Crippen LogP contribution is 2.29. The molecule has 0 unspecified atom stereocenters. The van der Waals surface area contributed by atoms with Crippen LogP contribution in [0.15, 0.2) is 24.3 Å². The van der Waals surface area contributed by atoms with Crippen molar-refractivity contribution in [1.82, 2.24) is 15.5 Å². The smallest absolute Gasteiger partial charge is 0.319 e. The Labute approximate surface area is 172 Å². The Bertz CT molecular complexity index is 639. The highest BCUT2D eigenvalue weighted by molar-refractivity contribution is 7.80. The van der Waals surface area contributed by atoms with Crippen LogP contribution in [-0.4, -0.2) is 59.4 Å². The Morgan fingerprint density at radius 1 is 1.27 bits per heavy atom. The molecule has 0 radical (unpaired) electrons. The van der Waals surface area contributed by atoms with Gasteiger partial charge in [-0.3, -0.25) is 0 Å². The average Bonchev–Trinajstić information content (AvgIpc) is 2.61. The van der Waals surface area contributed by atoms with Gasteiger partial charge in [-0.05, 0) is 24.4 Å². The predicted molar refractivity (Wildman–Crippen MR) is 107 cm³/mol. The van der Waals surface area contributed by atoms with E-state index in [1.54, 1.807) is 24.1 Å². The Morgan fingerprint density at radius 3 is 2.54 bits per heavy atom. The predicted octanol–water partition coefficient (Wildman–Crippen LogP) is 2.72. The average molecular weight is 442 g/mol. The number of thiocarbonyl (C=S) groups is 1. The molecule has 1 aliphatic heterocycles. The molecule has 1 saturated heterocycles. The number of benzene rings is 1. The van der Waals surface area contributed by atoms with E-state index in [9.17, 15) is 4.79 Å². The van der Waals surface area contributed by atoms with Crippen LogP contribution in [0.4, 0.5) is 10.5 Å². The molecule has 1 fully saturated rings. The van der Waals surface area contributed by atoms with Crippen molar-refractivity contribution in [3.63, 3.8) is 0 Å². The summed E-state index contributed by atoms with van der Waals surface area (Å²) in [6.45, 7) is 1.85. The van der Waals surface area contributed by atoms with E-state index in [0.29, 0.717) is 37.7 Å². The number of carbonyl (C=O) groups excluding carboxylic acids is 1. The number of carbonyl (C=O) groups is 1. The molecule has 2 amide bonds. The van der Waals surface area contributed by atoms with Gasteiger partial charge in [-0.2, -0.15) is 0 Å². The fraction of sp³-hybridized carbons (Fsp3) is 0.467. The van der Waals surface area contributed by atoms with Gasteiger partial charge in [0, 0.05) is 13.1 Å². The van der Waals surface area contributed by atoms with Crippen molar-refractivity contribution in [3.05, 3.63) is 24.3 Å². The summed E-state index contributed by atoms with van der Waals surface area (Å²) in [6, 6.07) is 6.83. The molecular formula is C15H19Cl3N4O3S. The highest BCUT2D eigenvalue weighted by atomic mass is 35.6. The zero-order chi connectivity index (χ0) is 19.2. The van der Waals surface area contributed by atoms with Crippen LogP contribution in [0.2, 0.25) is 0 Å². The van der Waals surface area contributed by atoms with E-state index in [2.05, 4.69) is 16.0 Å². The molecule has 1 heterocycles. The Kier molecular flexibility index (Phi) is 7.85. The first kappa shape index (κ1) is 21.1. The summed E-state index contributed by atoms with van der Waals surface area (Å²) in [7, 11) is 1.55. The van der Waals surface area contributed by atoms with Gasteiger partial charge in [0.15, 0.2) is 11.3 Å². The lowest BCUT2D eigenvalue weighted by Gasteiger charge is -2.32. The second-order valence-electron chi connectivity index (χ2n) is 5.32. The lowest BCUT2D eigenvalue weighted by atomic mass is 10.3. The van der Waals surface area contributed by atoms with Crippen LogP contribution in [0.5, 0.6) is 5.75 Å². The summed E-state index contributed by atoms with van der Waals surface area (Å²) in [4.78, 5) is 13.9. The lowest BCUT2D eigenvalue weighted by molar-refractivity contribution is 0.0524. The molecule has 0 aromatic heterocycles. The number of morpholine rings is 1. The van der Waals surface area contributed by atoms with Gasteiger partial charge in [0.05, 0.1) is 26.0 Å². The summed E-state index contributed by atoms with van der Waals surface area (Å²) in [5.41, 5.74) is 0.634. The number of alkyl halides is 3. The largest absolute Gasteiger partial charge is 0.495 e. The highest BCUT2D eigenvalue weighted by Gasteiger charge is 2.36. The first-order chi connectivity index (χ1) is 12.3. The minimum Gasteiger partial charge on any atom is -0.495 e. The van der Waals surface area contributed by atoms with Gasteiger partial charge in [0.2, 0.25) is 3.79 Å². The van der Waals surface area contributed by atoms with E-state index in [0.717, 1.165) is 0 Å². The van der Waals surface area contributed by atoms with Gasteiger partial charge < -0.3 is 30.3 Å². The number of amides is 2. The normalized spacial score (nSPS) is 15.8. The van der Waals surface area contributed by atoms with Crippen LogP contribution in [0.25, 0.3) is 0 Å². The number of hydrogen-bond acceptors (Lipinski definition) is 4. The van der Waals surface area contributed by atoms with Gasteiger partial charge in [-0.15, -0.1) is 0 Å². The van der Waals surface area contributed by atoms with Gasteiger partial charge in [0.25, 0.3) is 0 Å². The zero-order valence-electron chi connectivity index (χ0n) is 13.9. The van der Waals surface area contributed by atoms with E-state index in [1.165, 1.54) is 0 Å². The minimum absolute atomic E-state index is 0.160. The fourth-order valence-electron chi connectivity index (χ4n) is 2.22. The number of nitrogens with zero attached hydrogens (tertiary/aromatic N) is 1. The Hall–Kier alpha value is -1.19. The summed E-state index contributed by atoms with van der Waals surface area (Å²) >= 11 is 23.2. The second kappa shape index (κ2) is 9.66. The molecule has 0 bridgehead atoms. The van der Waals surface area contributed by atoms with Crippen molar-refractivity contribution in [3.8, 4) is 5.75 Å². The molecule has 1 aromatic rings. The Balaban J connectivity index is 2.00. The number of ether oxygens (including phenoxy) is 2. The molecule has 26 heavy (non-hydrogen) atoms. The molecule has 7 nitrogen and oxygen atoms in total. The first-order valence-electron chi connectivity index (χ1n) is 7.71. The molecule has 1 aliphatic rings. The number of para-hydroxylation sites is 2. The minimum atomic E-state index is -1.82. The van der Waals surface area contributed by atoms with E-state index in [1.807, 2.05) is 12.1 Å². The van der Waals surface area contributed by atoms with Crippen molar-refractivity contribution in [2.75, 3.05) is 38.7 Å². The molecule has 1 atom stereocenters. The summed E-state index contributed by atoms with van der Waals surface area (Å²) in [5, 5.41) is 8.56. The maximum Gasteiger partial charge on any atom is 0.319 e.